The van der Waals surface area contributed by atoms with E-state index >= 15 is 0 Å². The number of unbranched alkanes of at least 4 members (excludes halogenated alkanes) is 28. The van der Waals surface area contributed by atoms with Crippen molar-refractivity contribution in [1.29, 1.82) is 0 Å². The highest BCUT2D eigenvalue weighted by Crippen LogP contribution is 2.17. The number of amides is 1. The van der Waals surface area contributed by atoms with Crippen LogP contribution in [-0.4, -0.2) is 46.9 Å². The first kappa shape index (κ1) is 58.8. The SMILES string of the molecule is CCCCC/C=C\C/C=C\C/C=C\C/C=C\CC(CC(=O)NC(CO)C(O)CCCCCCCCCCCC)OC(=O)CCCCCCCCCCCCCCCCCCC. The molecule has 356 valence electrons. The molecule has 0 bridgehead atoms. The lowest BCUT2D eigenvalue weighted by molar-refractivity contribution is -0.150. The van der Waals surface area contributed by atoms with Crippen molar-refractivity contribution in [2.24, 2.45) is 0 Å². The van der Waals surface area contributed by atoms with E-state index in [0.29, 0.717) is 19.3 Å². The van der Waals surface area contributed by atoms with Crippen LogP contribution in [0, 0.1) is 0 Å². The Morgan fingerprint density at radius 3 is 1.31 bits per heavy atom. The quantitative estimate of drug-likeness (QED) is 0.0322. The Labute approximate surface area is 378 Å². The van der Waals surface area contributed by atoms with Gasteiger partial charge in [-0.15, -0.1) is 0 Å². The van der Waals surface area contributed by atoms with Crippen molar-refractivity contribution >= 4 is 11.9 Å². The molecule has 0 aliphatic rings. The molecule has 6 nitrogen and oxygen atoms in total. The molecule has 0 spiro atoms. The van der Waals surface area contributed by atoms with E-state index in [9.17, 15) is 19.8 Å². The lowest BCUT2D eigenvalue weighted by Gasteiger charge is -2.24. The smallest absolute Gasteiger partial charge is 0.306 e. The third-order valence-corrected chi connectivity index (χ3v) is 11.9. The van der Waals surface area contributed by atoms with Gasteiger partial charge in [-0.2, -0.15) is 0 Å². The van der Waals surface area contributed by atoms with Gasteiger partial charge < -0.3 is 20.3 Å². The predicted molar refractivity (Wildman–Crippen MR) is 264 cm³/mol. The molecule has 0 saturated heterocycles. The van der Waals surface area contributed by atoms with Crippen molar-refractivity contribution in [3.05, 3.63) is 48.6 Å². The van der Waals surface area contributed by atoms with Crippen LogP contribution in [0.1, 0.15) is 265 Å². The molecule has 1 amide bonds. The first-order chi connectivity index (χ1) is 30.0. The number of carbonyl (C=O) groups is 2. The number of aliphatic hydroxyl groups is 2. The standard InChI is InChI=1S/C55H101NO5/c1-4-7-10-13-16-19-22-24-26-27-29-31-33-36-39-42-45-48-55(60)61-51(46-43-40-37-34-32-30-28-25-23-20-17-14-11-8-5-2)49-54(59)56-52(50-57)53(58)47-44-41-38-35-21-18-15-12-9-6-3/h17,20,25,28,32,34,40,43,51-53,57-58H,4-16,18-19,21-24,26-27,29-31,33,35-39,41-42,44-50H2,1-3H3,(H,56,59)/b20-17-,28-25-,34-32-,43-40-. The lowest BCUT2D eigenvalue weighted by atomic mass is 10.0. The molecule has 0 aliphatic carbocycles. The second-order valence-corrected chi connectivity index (χ2v) is 17.9. The molecule has 3 unspecified atom stereocenters. The van der Waals surface area contributed by atoms with Crippen LogP contribution >= 0.6 is 0 Å². The number of rotatable bonds is 47. The maximum absolute atomic E-state index is 13.2. The molecule has 0 aromatic rings. The Bertz CT molecular complexity index is 1050. The lowest BCUT2D eigenvalue weighted by Crippen LogP contribution is -2.46. The van der Waals surface area contributed by atoms with Crippen LogP contribution in [-0.2, 0) is 14.3 Å². The minimum atomic E-state index is -0.808. The van der Waals surface area contributed by atoms with Gasteiger partial charge in [0.05, 0.1) is 25.2 Å². The van der Waals surface area contributed by atoms with Crippen LogP contribution in [0.5, 0.6) is 0 Å². The van der Waals surface area contributed by atoms with E-state index in [0.717, 1.165) is 57.8 Å². The zero-order valence-electron chi connectivity index (χ0n) is 40.5. The molecule has 0 aromatic carbocycles. The fraction of sp³-hybridized carbons (Fsp3) is 0.818. The number of aliphatic hydroxyl groups excluding tert-OH is 2. The van der Waals surface area contributed by atoms with Gasteiger partial charge in [0.1, 0.15) is 6.10 Å². The fourth-order valence-corrected chi connectivity index (χ4v) is 7.88. The first-order valence-corrected chi connectivity index (χ1v) is 26.4. The van der Waals surface area contributed by atoms with Crippen LogP contribution < -0.4 is 5.32 Å². The van der Waals surface area contributed by atoms with E-state index < -0.39 is 18.2 Å². The monoisotopic (exact) mass is 856 g/mol. The van der Waals surface area contributed by atoms with Crippen molar-refractivity contribution in [1.82, 2.24) is 5.32 Å². The molecular weight excluding hydrogens is 755 g/mol. The molecule has 0 fully saturated rings. The summed E-state index contributed by atoms with van der Waals surface area (Å²) in [6, 6.07) is -0.728. The minimum Gasteiger partial charge on any atom is -0.461 e. The molecule has 6 heteroatoms. The molecule has 0 radical (unpaired) electrons. The van der Waals surface area contributed by atoms with Gasteiger partial charge >= 0.3 is 5.97 Å². The van der Waals surface area contributed by atoms with E-state index in [4.69, 9.17) is 4.74 Å². The first-order valence-electron chi connectivity index (χ1n) is 26.4. The van der Waals surface area contributed by atoms with Crippen LogP contribution in [0.4, 0.5) is 0 Å². The highest BCUT2D eigenvalue weighted by atomic mass is 16.5. The van der Waals surface area contributed by atoms with E-state index in [1.165, 1.54) is 161 Å². The number of nitrogens with one attached hydrogen (secondary N) is 1. The van der Waals surface area contributed by atoms with E-state index in [2.05, 4.69) is 68.6 Å². The summed E-state index contributed by atoms with van der Waals surface area (Å²) in [5, 5.41) is 23.7. The van der Waals surface area contributed by atoms with Crippen molar-refractivity contribution in [2.75, 3.05) is 6.61 Å². The van der Waals surface area contributed by atoms with Gasteiger partial charge in [0.25, 0.3) is 0 Å². The summed E-state index contributed by atoms with van der Waals surface area (Å²) in [4.78, 5) is 26.1. The third-order valence-electron chi connectivity index (χ3n) is 11.9. The van der Waals surface area contributed by atoms with Gasteiger partial charge in [-0.25, -0.2) is 0 Å². The van der Waals surface area contributed by atoms with Crippen LogP contribution in [0.3, 0.4) is 0 Å². The highest BCUT2D eigenvalue weighted by Gasteiger charge is 2.23. The molecule has 0 aromatic heterocycles. The van der Waals surface area contributed by atoms with E-state index in [1.54, 1.807) is 0 Å². The zero-order chi connectivity index (χ0) is 44.5. The maximum atomic E-state index is 13.2. The summed E-state index contributed by atoms with van der Waals surface area (Å²) in [5.41, 5.74) is 0. The largest absolute Gasteiger partial charge is 0.461 e. The van der Waals surface area contributed by atoms with E-state index in [-0.39, 0.29) is 24.9 Å². The summed E-state index contributed by atoms with van der Waals surface area (Å²) < 4.78 is 5.88. The normalized spacial score (nSPS) is 13.6. The minimum absolute atomic E-state index is 0.00425. The van der Waals surface area contributed by atoms with Crippen molar-refractivity contribution in [2.45, 2.75) is 283 Å². The molecular formula is C55H101NO5. The molecule has 3 N–H and O–H groups in total. The molecule has 0 saturated carbocycles. The topological polar surface area (TPSA) is 95.9 Å². The third kappa shape index (κ3) is 44.2. The summed E-state index contributed by atoms with van der Waals surface area (Å²) in [6.07, 6.45) is 59.1. The molecule has 3 atom stereocenters. The fourth-order valence-electron chi connectivity index (χ4n) is 7.88. The summed E-state index contributed by atoms with van der Waals surface area (Å²) >= 11 is 0. The summed E-state index contributed by atoms with van der Waals surface area (Å²) in [6.45, 7) is 6.43. The van der Waals surface area contributed by atoms with Gasteiger partial charge in [-0.3, -0.25) is 9.59 Å². The highest BCUT2D eigenvalue weighted by molar-refractivity contribution is 5.77. The number of hydrogen-bond donors (Lipinski definition) is 3. The van der Waals surface area contributed by atoms with Crippen LogP contribution in [0.2, 0.25) is 0 Å². The molecule has 0 rings (SSSR count). The number of esters is 1. The second-order valence-electron chi connectivity index (χ2n) is 17.9. The summed E-state index contributed by atoms with van der Waals surface area (Å²) in [5.74, 6) is -0.568. The van der Waals surface area contributed by atoms with Crippen molar-refractivity contribution < 1.29 is 24.5 Å². The van der Waals surface area contributed by atoms with Gasteiger partial charge in [-0.05, 0) is 44.9 Å². The van der Waals surface area contributed by atoms with Gasteiger partial charge in [0, 0.05) is 12.8 Å². The average molecular weight is 856 g/mol. The summed E-state index contributed by atoms with van der Waals surface area (Å²) in [7, 11) is 0. The molecule has 61 heavy (non-hydrogen) atoms. The molecule has 0 heterocycles. The molecule has 0 aliphatic heterocycles. The number of carbonyl (C=O) groups excluding carboxylic acids is 2. The average Bonchev–Trinajstić information content (AvgIpc) is 3.25. The second kappa shape index (κ2) is 48.8. The van der Waals surface area contributed by atoms with E-state index in [1.807, 2.05) is 6.08 Å². The Balaban J connectivity index is 4.66. The van der Waals surface area contributed by atoms with Crippen LogP contribution in [0.25, 0.3) is 0 Å². The Morgan fingerprint density at radius 1 is 0.492 bits per heavy atom. The van der Waals surface area contributed by atoms with Crippen molar-refractivity contribution in [3.8, 4) is 0 Å². The number of hydrogen-bond acceptors (Lipinski definition) is 5. The maximum Gasteiger partial charge on any atom is 0.306 e. The van der Waals surface area contributed by atoms with Crippen molar-refractivity contribution in [3.63, 3.8) is 0 Å². The predicted octanol–water partition coefficient (Wildman–Crippen LogP) is 15.8. The Hall–Kier alpha value is -2.18. The van der Waals surface area contributed by atoms with Gasteiger partial charge in [0.15, 0.2) is 0 Å². The van der Waals surface area contributed by atoms with Gasteiger partial charge in [0.2, 0.25) is 5.91 Å². The van der Waals surface area contributed by atoms with Gasteiger partial charge in [-0.1, -0.05) is 249 Å². The number of ether oxygens (including phenoxy) is 1. The number of allylic oxidation sites excluding steroid dienone is 7. The Kier molecular flexibility index (Phi) is 47.1. The Morgan fingerprint density at radius 2 is 0.869 bits per heavy atom. The van der Waals surface area contributed by atoms with Crippen LogP contribution in [0.15, 0.2) is 48.6 Å². The zero-order valence-corrected chi connectivity index (χ0v) is 40.5.